The Morgan fingerprint density at radius 3 is 2.60 bits per heavy atom. The molecular weight excluding hydrogens is 341 g/mol. The lowest BCUT2D eigenvalue weighted by Crippen LogP contribution is -2.51. The summed E-state index contributed by atoms with van der Waals surface area (Å²) in [5.74, 6) is -2.30. The van der Waals surface area contributed by atoms with Gasteiger partial charge in [0.25, 0.3) is 5.91 Å². The summed E-state index contributed by atoms with van der Waals surface area (Å²) in [6.45, 7) is -0.355. The molecule has 1 aromatic carbocycles. The smallest absolute Gasteiger partial charge is 0.416 e. The van der Waals surface area contributed by atoms with E-state index < -0.39 is 42.2 Å². The van der Waals surface area contributed by atoms with E-state index in [2.05, 4.69) is 0 Å². The number of halogens is 3. The Morgan fingerprint density at radius 1 is 1.24 bits per heavy atom. The number of ether oxygens (including phenoxy) is 1. The summed E-state index contributed by atoms with van der Waals surface area (Å²) >= 11 is 0. The van der Waals surface area contributed by atoms with Crippen molar-refractivity contribution in [1.82, 2.24) is 4.90 Å². The number of hydrogen-bond donors (Lipinski definition) is 1. The first-order valence-corrected chi connectivity index (χ1v) is 7.63. The zero-order valence-electron chi connectivity index (χ0n) is 13.2. The fourth-order valence-electron chi connectivity index (χ4n) is 2.64. The summed E-state index contributed by atoms with van der Waals surface area (Å²) in [7, 11) is 0. The molecule has 1 fully saturated rings. The average Bonchev–Trinajstić information content (AvgIpc) is 2.58. The summed E-state index contributed by atoms with van der Waals surface area (Å²) in [6.07, 6.45) is -2.71. The molecule has 0 aliphatic carbocycles. The Bertz CT molecular complexity index is 676. The highest BCUT2D eigenvalue weighted by Crippen LogP contribution is 2.29. The van der Waals surface area contributed by atoms with E-state index in [0.717, 1.165) is 24.6 Å². The van der Waals surface area contributed by atoms with Crippen molar-refractivity contribution in [3.63, 3.8) is 0 Å². The van der Waals surface area contributed by atoms with Crippen molar-refractivity contribution in [2.75, 3.05) is 13.2 Å². The van der Waals surface area contributed by atoms with Crippen LogP contribution < -0.4 is 5.73 Å². The zero-order valence-corrected chi connectivity index (χ0v) is 13.2. The average molecular weight is 358 g/mol. The van der Waals surface area contributed by atoms with Gasteiger partial charge in [0, 0.05) is 6.54 Å². The second-order valence-corrected chi connectivity index (χ2v) is 5.66. The van der Waals surface area contributed by atoms with Gasteiger partial charge in [0.1, 0.15) is 6.04 Å². The van der Waals surface area contributed by atoms with Crippen molar-refractivity contribution in [3.8, 4) is 0 Å². The molecule has 0 bridgehead atoms. The second-order valence-electron chi connectivity index (χ2n) is 5.66. The van der Waals surface area contributed by atoms with Gasteiger partial charge in [-0.2, -0.15) is 13.2 Å². The summed E-state index contributed by atoms with van der Waals surface area (Å²) in [5.41, 5.74) is 3.95. The highest BCUT2D eigenvalue weighted by Gasteiger charge is 2.32. The molecule has 2 rings (SSSR count). The van der Waals surface area contributed by atoms with Gasteiger partial charge in [0.05, 0.1) is 11.1 Å². The van der Waals surface area contributed by atoms with E-state index in [9.17, 15) is 27.6 Å². The molecule has 0 spiro atoms. The molecule has 0 unspecified atom stereocenters. The largest absolute Gasteiger partial charge is 0.452 e. The maximum atomic E-state index is 12.7. The van der Waals surface area contributed by atoms with Crippen LogP contribution in [0.25, 0.3) is 0 Å². The predicted octanol–water partition coefficient (Wildman–Crippen LogP) is 1.73. The molecule has 1 aliphatic rings. The predicted molar refractivity (Wildman–Crippen MR) is 80.3 cm³/mol. The zero-order chi connectivity index (χ0) is 18.6. The molecule has 25 heavy (non-hydrogen) atoms. The van der Waals surface area contributed by atoms with Gasteiger partial charge in [0.15, 0.2) is 6.61 Å². The second kappa shape index (κ2) is 7.54. The number of hydrogen-bond acceptors (Lipinski definition) is 4. The van der Waals surface area contributed by atoms with E-state index in [1.165, 1.54) is 4.90 Å². The Labute approximate surface area is 141 Å². The van der Waals surface area contributed by atoms with E-state index in [4.69, 9.17) is 10.5 Å². The summed E-state index contributed by atoms with van der Waals surface area (Å²) in [4.78, 5) is 36.6. The quantitative estimate of drug-likeness (QED) is 0.830. The number of rotatable bonds is 4. The molecule has 1 aliphatic heterocycles. The van der Waals surface area contributed by atoms with E-state index in [1.54, 1.807) is 0 Å². The number of alkyl halides is 3. The lowest BCUT2D eigenvalue weighted by atomic mass is 10.0. The van der Waals surface area contributed by atoms with Crippen LogP contribution in [0.1, 0.15) is 35.2 Å². The SMILES string of the molecule is NC(=O)[C@@H]1CCCCN1C(=O)COC(=O)c1cccc(C(F)(F)F)c1. The molecule has 0 aromatic heterocycles. The monoisotopic (exact) mass is 358 g/mol. The number of carbonyl (C=O) groups is 3. The van der Waals surface area contributed by atoms with Crippen molar-refractivity contribution in [2.45, 2.75) is 31.5 Å². The van der Waals surface area contributed by atoms with Gasteiger partial charge in [-0.05, 0) is 37.5 Å². The highest BCUT2D eigenvalue weighted by atomic mass is 19.4. The van der Waals surface area contributed by atoms with Crippen LogP contribution >= 0.6 is 0 Å². The van der Waals surface area contributed by atoms with E-state index >= 15 is 0 Å². The normalized spacial score (nSPS) is 17.9. The van der Waals surface area contributed by atoms with Crippen molar-refractivity contribution in [2.24, 2.45) is 5.73 Å². The Kier molecular flexibility index (Phi) is 5.66. The van der Waals surface area contributed by atoms with Crippen molar-refractivity contribution < 1.29 is 32.3 Å². The molecule has 0 radical (unpaired) electrons. The molecule has 2 N–H and O–H groups in total. The van der Waals surface area contributed by atoms with Crippen LogP contribution in [-0.4, -0.2) is 41.9 Å². The molecule has 136 valence electrons. The van der Waals surface area contributed by atoms with Crippen molar-refractivity contribution >= 4 is 17.8 Å². The fraction of sp³-hybridized carbons (Fsp3) is 0.438. The number of nitrogens with two attached hydrogens (primary N) is 1. The van der Waals surface area contributed by atoms with E-state index in [1.807, 2.05) is 0 Å². The van der Waals surface area contributed by atoms with E-state index in [0.29, 0.717) is 25.5 Å². The molecular formula is C16H17F3N2O4. The van der Waals surface area contributed by atoms with Gasteiger partial charge in [-0.3, -0.25) is 9.59 Å². The van der Waals surface area contributed by atoms with Crippen LogP contribution in [0.5, 0.6) is 0 Å². The number of primary amides is 1. The lowest BCUT2D eigenvalue weighted by molar-refractivity contribution is -0.143. The van der Waals surface area contributed by atoms with Gasteiger partial charge >= 0.3 is 12.1 Å². The van der Waals surface area contributed by atoms with Crippen LogP contribution in [0.2, 0.25) is 0 Å². The summed E-state index contributed by atoms with van der Waals surface area (Å²) < 4.78 is 42.7. The van der Waals surface area contributed by atoms with Crippen LogP contribution in [0.4, 0.5) is 13.2 Å². The first-order valence-electron chi connectivity index (χ1n) is 7.63. The first-order chi connectivity index (χ1) is 11.7. The van der Waals surface area contributed by atoms with Crippen LogP contribution in [0.3, 0.4) is 0 Å². The minimum atomic E-state index is -4.59. The summed E-state index contributed by atoms with van der Waals surface area (Å²) in [5, 5.41) is 0. The van der Waals surface area contributed by atoms with Gasteiger partial charge in [-0.15, -0.1) is 0 Å². The number of esters is 1. The molecule has 1 heterocycles. The van der Waals surface area contributed by atoms with Gasteiger partial charge in [0.2, 0.25) is 5.91 Å². The lowest BCUT2D eigenvalue weighted by Gasteiger charge is -2.33. The van der Waals surface area contributed by atoms with Crippen LogP contribution in [0, 0.1) is 0 Å². The maximum absolute atomic E-state index is 12.7. The molecule has 1 aromatic rings. The van der Waals surface area contributed by atoms with Gasteiger partial charge in [-0.25, -0.2) is 4.79 Å². The Morgan fingerprint density at radius 2 is 1.96 bits per heavy atom. The van der Waals surface area contributed by atoms with Gasteiger partial charge in [-0.1, -0.05) is 6.07 Å². The molecule has 2 amide bonds. The van der Waals surface area contributed by atoms with Crippen molar-refractivity contribution in [3.05, 3.63) is 35.4 Å². The minimum Gasteiger partial charge on any atom is -0.452 e. The first kappa shape index (κ1) is 18.8. The third-order valence-electron chi connectivity index (χ3n) is 3.90. The molecule has 9 heteroatoms. The number of benzene rings is 1. The third-order valence-corrected chi connectivity index (χ3v) is 3.90. The topological polar surface area (TPSA) is 89.7 Å². The molecule has 1 saturated heterocycles. The van der Waals surface area contributed by atoms with Crippen molar-refractivity contribution in [1.29, 1.82) is 0 Å². The third kappa shape index (κ3) is 4.71. The maximum Gasteiger partial charge on any atom is 0.416 e. The fourth-order valence-corrected chi connectivity index (χ4v) is 2.64. The Hall–Kier alpha value is -2.58. The number of piperidine rings is 1. The number of likely N-dealkylation sites (tertiary alicyclic amines) is 1. The van der Waals surface area contributed by atoms with Crippen LogP contribution in [0.15, 0.2) is 24.3 Å². The van der Waals surface area contributed by atoms with Crippen LogP contribution in [-0.2, 0) is 20.5 Å². The number of nitrogens with zero attached hydrogens (tertiary/aromatic N) is 1. The standard InChI is InChI=1S/C16H17F3N2O4/c17-16(18,19)11-5-3-4-10(8-11)15(24)25-9-13(22)21-7-2-1-6-12(21)14(20)23/h3-5,8,12H,1-2,6-7,9H2,(H2,20,23)/t12-/m0/s1. The number of carbonyl (C=O) groups excluding carboxylic acids is 3. The molecule has 1 atom stereocenters. The molecule has 0 saturated carbocycles. The van der Waals surface area contributed by atoms with E-state index in [-0.39, 0.29) is 5.56 Å². The Balaban J connectivity index is 1.99. The van der Waals surface area contributed by atoms with Gasteiger partial charge < -0.3 is 15.4 Å². The number of amides is 2. The molecule has 6 nitrogen and oxygen atoms in total. The highest BCUT2D eigenvalue weighted by molar-refractivity contribution is 5.92. The summed E-state index contributed by atoms with van der Waals surface area (Å²) in [6, 6.07) is 2.96. The minimum absolute atomic E-state index is 0.312.